The topological polar surface area (TPSA) is 109 Å². The normalized spacial score (nSPS) is 15.2. The summed E-state index contributed by atoms with van der Waals surface area (Å²) in [6.45, 7) is 6.47. The molecule has 3 amide bonds. The van der Waals surface area contributed by atoms with Crippen LogP contribution in [-0.4, -0.2) is 34.2 Å². The van der Waals surface area contributed by atoms with Gasteiger partial charge in [0.15, 0.2) is 0 Å². The molecule has 0 radical (unpaired) electrons. The van der Waals surface area contributed by atoms with Crippen LogP contribution in [-0.2, 0) is 21.7 Å². The highest BCUT2D eigenvalue weighted by Gasteiger charge is 2.46. The van der Waals surface area contributed by atoms with Gasteiger partial charge in [0.1, 0.15) is 0 Å². The molecule has 9 nitrogen and oxygen atoms in total. The highest BCUT2D eigenvalue weighted by atomic mass is 16.2. The third-order valence-electron chi connectivity index (χ3n) is 7.58. The lowest BCUT2D eigenvalue weighted by Gasteiger charge is -2.21. The number of rotatable bonds is 8. The van der Waals surface area contributed by atoms with Gasteiger partial charge < -0.3 is 10.6 Å². The highest BCUT2D eigenvalue weighted by molar-refractivity contribution is 6.35. The van der Waals surface area contributed by atoms with Crippen LogP contribution in [0.15, 0.2) is 73.1 Å². The molecule has 3 aromatic carbocycles. The van der Waals surface area contributed by atoms with Crippen LogP contribution in [0.5, 0.6) is 0 Å². The van der Waals surface area contributed by atoms with E-state index in [-0.39, 0.29) is 19.1 Å². The molecule has 0 unspecified atom stereocenters. The Morgan fingerprint density at radius 1 is 1.00 bits per heavy atom. The minimum absolute atomic E-state index is 0.00592. The van der Waals surface area contributed by atoms with Gasteiger partial charge in [-0.1, -0.05) is 42.5 Å². The van der Waals surface area contributed by atoms with Crippen molar-refractivity contribution in [3.63, 3.8) is 0 Å². The third kappa shape index (κ3) is 5.04. The van der Waals surface area contributed by atoms with Crippen LogP contribution < -0.4 is 16.0 Å². The van der Waals surface area contributed by atoms with Crippen molar-refractivity contribution < 1.29 is 14.4 Å². The van der Waals surface area contributed by atoms with Gasteiger partial charge in [0.2, 0.25) is 0 Å². The molecule has 3 N–H and O–H groups in total. The zero-order valence-corrected chi connectivity index (χ0v) is 21.8. The van der Waals surface area contributed by atoms with Gasteiger partial charge in [-0.3, -0.25) is 29.2 Å². The van der Waals surface area contributed by atoms with E-state index in [2.05, 4.69) is 61.0 Å². The Hall–Kier alpha value is -4.97. The molecule has 40 heavy (non-hydrogen) atoms. The SMILES string of the molecule is [C-]#[N+]CNC(=O)C(=O)NCc1ccccc1C(=O)NC1(c2cc(-c3cnn(C4CC4)c3)c3ccccc3c2)CC1. The van der Waals surface area contributed by atoms with Gasteiger partial charge in [0.05, 0.1) is 17.8 Å². The lowest BCUT2D eigenvalue weighted by Crippen LogP contribution is -2.40. The summed E-state index contributed by atoms with van der Waals surface area (Å²) >= 11 is 0. The van der Waals surface area contributed by atoms with Gasteiger partial charge in [-0.25, -0.2) is 6.57 Å². The fraction of sp³-hybridized carbons (Fsp3) is 0.258. The van der Waals surface area contributed by atoms with Crippen molar-refractivity contribution >= 4 is 28.5 Å². The van der Waals surface area contributed by atoms with E-state index < -0.39 is 17.4 Å². The molecule has 2 saturated carbocycles. The predicted octanol–water partition coefficient (Wildman–Crippen LogP) is 4.07. The molecule has 9 heteroatoms. The summed E-state index contributed by atoms with van der Waals surface area (Å²) in [6, 6.07) is 20.1. The van der Waals surface area contributed by atoms with Crippen molar-refractivity contribution in [2.75, 3.05) is 6.67 Å². The van der Waals surface area contributed by atoms with Crippen molar-refractivity contribution in [2.24, 2.45) is 0 Å². The maximum Gasteiger partial charge on any atom is 0.314 e. The molecule has 0 saturated heterocycles. The van der Waals surface area contributed by atoms with Gasteiger partial charge >= 0.3 is 11.8 Å². The lowest BCUT2D eigenvalue weighted by molar-refractivity contribution is -0.139. The highest BCUT2D eigenvalue weighted by Crippen LogP contribution is 2.48. The molecular formula is C31H28N6O3. The van der Waals surface area contributed by atoms with E-state index in [0.717, 1.165) is 53.1 Å². The first-order chi connectivity index (χ1) is 19.5. The summed E-state index contributed by atoms with van der Waals surface area (Å²) < 4.78 is 2.05. The number of carbonyl (C=O) groups is 3. The van der Waals surface area contributed by atoms with E-state index in [0.29, 0.717) is 17.2 Å². The zero-order valence-electron chi connectivity index (χ0n) is 21.8. The van der Waals surface area contributed by atoms with Gasteiger partial charge in [-0.05, 0) is 71.3 Å². The molecule has 2 aliphatic carbocycles. The van der Waals surface area contributed by atoms with Gasteiger partial charge in [0, 0.05) is 23.9 Å². The zero-order chi connectivity index (χ0) is 27.7. The molecule has 1 heterocycles. The number of benzene rings is 3. The number of hydrogen-bond acceptors (Lipinski definition) is 4. The number of fused-ring (bicyclic) bond motifs is 1. The largest absolute Gasteiger partial charge is 0.344 e. The summed E-state index contributed by atoms with van der Waals surface area (Å²) in [4.78, 5) is 40.5. The van der Waals surface area contributed by atoms with Crippen molar-refractivity contribution in [2.45, 2.75) is 43.8 Å². The second-order valence-electron chi connectivity index (χ2n) is 10.4. The standard InChI is InChI=1S/C31H28N6O3/c1-32-19-34-30(40)29(39)33-16-21-7-3-5-9-26(21)28(38)36-31(12-13-31)23-14-20-6-2-4-8-25(20)27(15-23)22-17-35-37(18-22)24-10-11-24/h2-9,14-15,17-18,24H,10-13,16,19H2,(H,33,39)(H,34,40)(H,36,38). The summed E-state index contributed by atoms with van der Waals surface area (Å²) in [5.74, 6) is -1.98. The Labute approximate surface area is 231 Å². The van der Waals surface area contributed by atoms with Gasteiger partial charge in [-0.15, -0.1) is 0 Å². The number of carbonyl (C=O) groups excluding carboxylic acids is 3. The molecule has 0 bridgehead atoms. The monoisotopic (exact) mass is 532 g/mol. The number of amides is 3. The van der Waals surface area contributed by atoms with E-state index in [1.807, 2.05) is 18.3 Å². The molecule has 6 rings (SSSR count). The van der Waals surface area contributed by atoms with E-state index in [4.69, 9.17) is 6.57 Å². The Kier molecular flexibility index (Phi) is 6.52. The van der Waals surface area contributed by atoms with Crippen LogP contribution in [0, 0.1) is 6.57 Å². The predicted molar refractivity (Wildman–Crippen MR) is 150 cm³/mol. The van der Waals surface area contributed by atoms with E-state index >= 15 is 0 Å². The summed E-state index contributed by atoms with van der Waals surface area (Å²) in [6.07, 6.45) is 8.01. The first kappa shape index (κ1) is 25.3. The molecule has 2 aliphatic rings. The molecule has 2 fully saturated rings. The molecule has 0 atom stereocenters. The minimum Gasteiger partial charge on any atom is -0.344 e. The number of nitrogens with one attached hydrogen (secondary N) is 3. The number of nitrogens with zero attached hydrogens (tertiary/aromatic N) is 3. The molecule has 0 aliphatic heterocycles. The fourth-order valence-corrected chi connectivity index (χ4v) is 5.08. The first-order valence-corrected chi connectivity index (χ1v) is 13.3. The van der Waals surface area contributed by atoms with Crippen LogP contribution in [0.25, 0.3) is 26.7 Å². The van der Waals surface area contributed by atoms with Crippen LogP contribution in [0.1, 0.15) is 53.2 Å². The maximum absolute atomic E-state index is 13.6. The van der Waals surface area contributed by atoms with Crippen LogP contribution in [0.2, 0.25) is 0 Å². The Morgan fingerprint density at radius 3 is 2.52 bits per heavy atom. The average Bonchev–Trinajstić information content (AvgIpc) is 3.92. The van der Waals surface area contributed by atoms with Crippen LogP contribution >= 0.6 is 0 Å². The average molecular weight is 533 g/mol. The lowest BCUT2D eigenvalue weighted by atomic mass is 9.93. The van der Waals surface area contributed by atoms with Crippen molar-refractivity contribution in [1.82, 2.24) is 25.7 Å². The molecule has 200 valence electrons. The van der Waals surface area contributed by atoms with Crippen molar-refractivity contribution in [3.8, 4) is 11.1 Å². The molecule has 0 spiro atoms. The number of aromatic nitrogens is 2. The second kappa shape index (κ2) is 10.3. The summed E-state index contributed by atoms with van der Waals surface area (Å²) in [5.41, 5.74) is 3.75. The molecule has 1 aromatic heterocycles. The van der Waals surface area contributed by atoms with Crippen molar-refractivity contribution in [1.29, 1.82) is 0 Å². The van der Waals surface area contributed by atoms with E-state index in [1.54, 1.807) is 24.3 Å². The quantitative estimate of drug-likeness (QED) is 0.235. The number of hydrogen-bond donors (Lipinski definition) is 3. The van der Waals surface area contributed by atoms with E-state index in [9.17, 15) is 14.4 Å². The second-order valence-corrected chi connectivity index (χ2v) is 10.4. The summed E-state index contributed by atoms with van der Waals surface area (Å²) in [5, 5.41) is 14.9. The Bertz CT molecular complexity index is 1680. The third-order valence-corrected chi connectivity index (χ3v) is 7.58. The fourth-order valence-electron chi connectivity index (χ4n) is 5.08. The Morgan fingerprint density at radius 2 is 1.75 bits per heavy atom. The maximum atomic E-state index is 13.6. The summed E-state index contributed by atoms with van der Waals surface area (Å²) in [7, 11) is 0. The smallest absolute Gasteiger partial charge is 0.314 e. The molecule has 4 aromatic rings. The molecular weight excluding hydrogens is 504 g/mol. The Balaban J connectivity index is 1.25. The van der Waals surface area contributed by atoms with E-state index in [1.165, 1.54) is 0 Å². The first-order valence-electron chi connectivity index (χ1n) is 13.3. The van der Waals surface area contributed by atoms with Gasteiger partial charge in [0.25, 0.3) is 12.6 Å². The van der Waals surface area contributed by atoms with Gasteiger partial charge in [-0.2, -0.15) is 5.10 Å². The van der Waals surface area contributed by atoms with Crippen LogP contribution in [0.4, 0.5) is 0 Å². The minimum atomic E-state index is -0.885. The van der Waals surface area contributed by atoms with Crippen LogP contribution in [0.3, 0.4) is 0 Å². The van der Waals surface area contributed by atoms with Crippen molar-refractivity contribution in [3.05, 3.63) is 101 Å².